The summed E-state index contributed by atoms with van der Waals surface area (Å²) in [6, 6.07) is 4.28. The SMILES string of the molecule is C=Cc1c(Br)cccc1C(N=[N+]=[N-])C(=O)OCC. The molecule has 0 aromatic heterocycles. The molecule has 0 saturated carbocycles. The van der Waals surface area contributed by atoms with Gasteiger partial charge in [0.2, 0.25) is 0 Å². The van der Waals surface area contributed by atoms with Crippen LogP contribution in [0.2, 0.25) is 0 Å². The third kappa shape index (κ3) is 3.12. The first-order valence-corrected chi connectivity index (χ1v) is 6.06. The molecule has 1 atom stereocenters. The van der Waals surface area contributed by atoms with E-state index >= 15 is 0 Å². The standard InChI is InChI=1S/C12H12BrN3O2/c1-3-8-9(6-5-7-10(8)13)11(15-16-14)12(17)18-4-2/h3,5-7,11H,1,4H2,2H3. The smallest absolute Gasteiger partial charge is 0.319 e. The van der Waals surface area contributed by atoms with Crippen LogP contribution in [0.5, 0.6) is 0 Å². The lowest BCUT2D eigenvalue weighted by molar-refractivity contribution is -0.144. The molecule has 1 aromatic rings. The fourth-order valence-electron chi connectivity index (χ4n) is 1.52. The first-order chi connectivity index (χ1) is 8.65. The number of esters is 1. The van der Waals surface area contributed by atoms with Crippen molar-refractivity contribution < 1.29 is 9.53 Å². The number of ether oxygens (including phenoxy) is 1. The molecule has 1 rings (SSSR count). The number of hydrogen-bond acceptors (Lipinski definition) is 3. The maximum atomic E-state index is 11.8. The molecule has 1 unspecified atom stereocenters. The van der Waals surface area contributed by atoms with Gasteiger partial charge in [0.25, 0.3) is 0 Å². The summed E-state index contributed by atoms with van der Waals surface area (Å²) in [5, 5.41) is 3.50. The van der Waals surface area contributed by atoms with Crippen molar-refractivity contribution in [2.45, 2.75) is 13.0 Å². The molecule has 0 radical (unpaired) electrons. The zero-order valence-electron chi connectivity index (χ0n) is 9.84. The highest BCUT2D eigenvalue weighted by molar-refractivity contribution is 9.10. The van der Waals surface area contributed by atoms with Crippen molar-refractivity contribution in [1.82, 2.24) is 0 Å². The number of benzene rings is 1. The molecule has 0 N–H and O–H groups in total. The second-order valence-electron chi connectivity index (χ2n) is 3.31. The average molecular weight is 310 g/mol. The van der Waals surface area contributed by atoms with Crippen LogP contribution >= 0.6 is 15.9 Å². The molecular formula is C12H12BrN3O2. The summed E-state index contributed by atoms with van der Waals surface area (Å²) in [4.78, 5) is 14.5. The zero-order valence-corrected chi connectivity index (χ0v) is 11.4. The molecule has 5 nitrogen and oxygen atoms in total. The van der Waals surface area contributed by atoms with Gasteiger partial charge >= 0.3 is 5.97 Å². The highest BCUT2D eigenvalue weighted by Crippen LogP contribution is 2.29. The van der Waals surface area contributed by atoms with E-state index in [1.165, 1.54) is 0 Å². The maximum absolute atomic E-state index is 11.8. The summed E-state index contributed by atoms with van der Waals surface area (Å²) in [5.41, 5.74) is 9.84. The Balaban J connectivity index is 3.29. The van der Waals surface area contributed by atoms with E-state index in [4.69, 9.17) is 10.3 Å². The minimum atomic E-state index is -1.000. The van der Waals surface area contributed by atoms with E-state index in [2.05, 4.69) is 32.5 Å². The monoisotopic (exact) mass is 309 g/mol. The van der Waals surface area contributed by atoms with Gasteiger partial charge in [0.1, 0.15) is 0 Å². The van der Waals surface area contributed by atoms with Gasteiger partial charge in [0, 0.05) is 9.38 Å². The Hall–Kier alpha value is -1.78. The molecule has 0 heterocycles. The van der Waals surface area contributed by atoms with Gasteiger partial charge in [-0.2, -0.15) is 0 Å². The second-order valence-corrected chi connectivity index (χ2v) is 4.16. The highest BCUT2D eigenvalue weighted by Gasteiger charge is 2.23. The number of hydrogen-bond donors (Lipinski definition) is 0. The Bertz CT molecular complexity index is 510. The van der Waals surface area contributed by atoms with Crippen LogP contribution in [0.4, 0.5) is 0 Å². The van der Waals surface area contributed by atoms with Gasteiger partial charge in [-0.25, -0.2) is 0 Å². The Morgan fingerprint density at radius 2 is 2.44 bits per heavy atom. The number of azide groups is 1. The molecule has 0 aliphatic carbocycles. The molecule has 0 aliphatic heterocycles. The molecular weight excluding hydrogens is 298 g/mol. The first kappa shape index (κ1) is 14.3. The maximum Gasteiger partial charge on any atom is 0.319 e. The quantitative estimate of drug-likeness (QED) is 0.357. The molecule has 0 aliphatic rings. The van der Waals surface area contributed by atoms with Crippen LogP contribution in [-0.4, -0.2) is 12.6 Å². The van der Waals surface area contributed by atoms with Crippen molar-refractivity contribution in [3.8, 4) is 0 Å². The Kier molecular flexibility index (Phi) is 5.42. The number of halogens is 1. The summed E-state index contributed by atoms with van der Waals surface area (Å²) in [7, 11) is 0. The van der Waals surface area contributed by atoms with E-state index < -0.39 is 12.0 Å². The molecule has 0 fully saturated rings. The molecule has 0 amide bonds. The molecule has 6 heteroatoms. The first-order valence-electron chi connectivity index (χ1n) is 5.27. The van der Waals surface area contributed by atoms with Crippen LogP contribution < -0.4 is 0 Å². The van der Waals surface area contributed by atoms with Crippen LogP contribution in [-0.2, 0) is 9.53 Å². The van der Waals surface area contributed by atoms with E-state index in [0.717, 1.165) is 4.47 Å². The summed E-state index contributed by atoms with van der Waals surface area (Å²) < 4.78 is 5.67. The summed E-state index contributed by atoms with van der Waals surface area (Å²) in [5.74, 6) is -0.573. The van der Waals surface area contributed by atoms with Gasteiger partial charge in [0.05, 0.1) is 6.61 Å². The van der Waals surface area contributed by atoms with Crippen LogP contribution in [0.1, 0.15) is 24.1 Å². The van der Waals surface area contributed by atoms with Crippen LogP contribution in [0.25, 0.3) is 16.5 Å². The molecule has 0 bridgehead atoms. The topological polar surface area (TPSA) is 75.1 Å². The molecule has 18 heavy (non-hydrogen) atoms. The minimum absolute atomic E-state index is 0.230. The van der Waals surface area contributed by atoms with E-state index in [9.17, 15) is 4.79 Å². The number of carbonyl (C=O) groups is 1. The lowest BCUT2D eigenvalue weighted by atomic mass is 10.0. The van der Waals surface area contributed by atoms with E-state index in [0.29, 0.717) is 11.1 Å². The fraction of sp³-hybridized carbons (Fsp3) is 0.250. The van der Waals surface area contributed by atoms with E-state index in [-0.39, 0.29) is 6.61 Å². The van der Waals surface area contributed by atoms with Gasteiger partial charge in [-0.3, -0.25) is 4.79 Å². The van der Waals surface area contributed by atoms with E-state index in [1.807, 2.05) is 6.07 Å². The normalized spacial score (nSPS) is 11.2. The Labute approximate surface area is 113 Å². The zero-order chi connectivity index (χ0) is 13.5. The van der Waals surface area contributed by atoms with Crippen molar-refractivity contribution >= 4 is 28.0 Å². The lowest BCUT2D eigenvalue weighted by Gasteiger charge is -2.14. The molecule has 0 spiro atoms. The third-order valence-electron chi connectivity index (χ3n) is 2.26. The van der Waals surface area contributed by atoms with Crippen molar-refractivity contribution in [2.24, 2.45) is 5.11 Å². The van der Waals surface area contributed by atoms with Crippen LogP contribution in [0.3, 0.4) is 0 Å². The highest BCUT2D eigenvalue weighted by atomic mass is 79.9. The summed E-state index contributed by atoms with van der Waals surface area (Å²) in [6.07, 6.45) is 1.60. The van der Waals surface area contributed by atoms with Gasteiger partial charge in [-0.15, -0.1) is 0 Å². The average Bonchev–Trinajstić information content (AvgIpc) is 2.36. The van der Waals surface area contributed by atoms with Gasteiger partial charge in [-0.1, -0.05) is 45.8 Å². The Morgan fingerprint density at radius 1 is 1.72 bits per heavy atom. The van der Waals surface area contributed by atoms with Crippen LogP contribution in [0.15, 0.2) is 34.4 Å². The van der Waals surface area contributed by atoms with E-state index in [1.54, 1.807) is 25.1 Å². The fourth-order valence-corrected chi connectivity index (χ4v) is 2.06. The van der Waals surface area contributed by atoms with Crippen molar-refractivity contribution in [3.05, 3.63) is 50.8 Å². The van der Waals surface area contributed by atoms with Crippen molar-refractivity contribution in [3.63, 3.8) is 0 Å². The predicted molar refractivity (Wildman–Crippen MR) is 72.8 cm³/mol. The molecule has 0 saturated heterocycles. The summed E-state index contributed by atoms with van der Waals surface area (Å²) in [6.45, 7) is 5.61. The predicted octanol–water partition coefficient (Wildman–Crippen LogP) is 4.01. The largest absolute Gasteiger partial charge is 0.465 e. The van der Waals surface area contributed by atoms with Gasteiger partial charge < -0.3 is 4.74 Å². The van der Waals surface area contributed by atoms with Crippen molar-refractivity contribution in [1.29, 1.82) is 0 Å². The Morgan fingerprint density at radius 3 is 3.00 bits per heavy atom. The molecule has 1 aromatic carbocycles. The minimum Gasteiger partial charge on any atom is -0.465 e. The van der Waals surface area contributed by atoms with Crippen molar-refractivity contribution in [2.75, 3.05) is 6.61 Å². The third-order valence-corrected chi connectivity index (χ3v) is 2.95. The number of rotatable bonds is 5. The van der Waals surface area contributed by atoms with Gasteiger partial charge in [-0.05, 0) is 29.6 Å². The van der Waals surface area contributed by atoms with Crippen LogP contribution in [0, 0.1) is 0 Å². The lowest BCUT2D eigenvalue weighted by Crippen LogP contribution is -2.14. The summed E-state index contributed by atoms with van der Waals surface area (Å²) >= 11 is 3.36. The molecule has 94 valence electrons. The number of carbonyl (C=O) groups excluding carboxylic acids is 1. The second kappa shape index (κ2) is 6.83. The van der Waals surface area contributed by atoms with Gasteiger partial charge in [0.15, 0.2) is 6.04 Å². The number of nitrogens with zero attached hydrogens (tertiary/aromatic N) is 3.